The number of rotatable bonds is 5. The van der Waals surface area contributed by atoms with Crippen molar-refractivity contribution in [3.8, 4) is 0 Å². The highest BCUT2D eigenvalue weighted by Gasteiger charge is 2.23. The van der Waals surface area contributed by atoms with E-state index in [4.69, 9.17) is 4.42 Å². The van der Waals surface area contributed by atoms with Crippen LogP contribution in [0.15, 0.2) is 35.1 Å². The molecule has 0 amide bonds. The van der Waals surface area contributed by atoms with Crippen molar-refractivity contribution in [3.05, 3.63) is 59.1 Å². The van der Waals surface area contributed by atoms with Crippen molar-refractivity contribution >= 4 is 0 Å². The molecular formula is C15H17F2NO. The zero-order chi connectivity index (χ0) is 13.8. The molecule has 2 nitrogen and oxygen atoms in total. The van der Waals surface area contributed by atoms with E-state index in [1.54, 1.807) is 13.0 Å². The smallest absolute Gasteiger partial charge is 0.134 e. The van der Waals surface area contributed by atoms with Gasteiger partial charge in [-0.1, -0.05) is 13.0 Å². The van der Waals surface area contributed by atoms with Gasteiger partial charge in [-0.25, -0.2) is 8.78 Å². The van der Waals surface area contributed by atoms with Gasteiger partial charge in [-0.15, -0.1) is 0 Å². The molecule has 1 aromatic heterocycles. The molecule has 1 heterocycles. The van der Waals surface area contributed by atoms with Crippen LogP contribution in [0.2, 0.25) is 0 Å². The lowest BCUT2D eigenvalue weighted by Crippen LogP contribution is -2.25. The van der Waals surface area contributed by atoms with Crippen molar-refractivity contribution in [1.82, 2.24) is 5.32 Å². The fraction of sp³-hybridized carbons (Fsp3) is 0.333. The van der Waals surface area contributed by atoms with Crippen LogP contribution in [-0.2, 0) is 0 Å². The second-order valence-corrected chi connectivity index (χ2v) is 4.54. The van der Waals surface area contributed by atoms with E-state index in [1.807, 2.05) is 6.92 Å². The number of nitrogens with one attached hydrogen (secondary N) is 1. The normalized spacial score (nSPS) is 12.6. The summed E-state index contributed by atoms with van der Waals surface area (Å²) in [5.41, 5.74) is 1.20. The Morgan fingerprint density at radius 1 is 1.26 bits per heavy atom. The van der Waals surface area contributed by atoms with Gasteiger partial charge in [-0.05, 0) is 37.6 Å². The zero-order valence-corrected chi connectivity index (χ0v) is 11.0. The molecule has 1 aromatic carbocycles. The van der Waals surface area contributed by atoms with Crippen molar-refractivity contribution in [1.29, 1.82) is 0 Å². The van der Waals surface area contributed by atoms with Gasteiger partial charge in [0.15, 0.2) is 0 Å². The summed E-state index contributed by atoms with van der Waals surface area (Å²) < 4.78 is 33.2. The first kappa shape index (κ1) is 13.7. The number of benzene rings is 1. The summed E-state index contributed by atoms with van der Waals surface area (Å²) in [5, 5.41) is 3.16. The molecule has 0 radical (unpaired) electrons. The summed E-state index contributed by atoms with van der Waals surface area (Å²) in [4.78, 5) is 0. The summed E-state index contributed by atoms with van der Waals surface area (Å²) in [6.45, 7) is 4.30. The molecule has 0 aliphatic carbocycles. The molecular weight excluding hydrogens is 248 g/mol. The molecule has 4 heteroatoms. The summed E-state index contributed by atoms with van der Waals surface area (Å²) in [7, 11) is 0. The maximum Gasteiger partial charge on any atom is 0.134 e. The van der Waals surface area contributed by atoms with Crippen molar-refractivity contribution in [2.24, 2.45) is 0 Å². The van der Waals surface area contributed by atoms with Gasteiger partial charge in [-0.2, -0.15) is 0 Å². The third-order valence-electron chi connectivity index (χ3n) is 3.08. The Hall–Kier alpha value is -1.68. The number of furan rings is 1. The second-order valence-electron chi connectivity index (χ2n) is 4.54. The zero-order valence-electron chi connectivity index (χ0n) is 11.0. The van der Waals surface area contributed by atoms with Crippen LogP contribution < -0.4 is 5.32 Å². The molecule has 0 aliphatic rings. The molecule has 0 aliphatic heterocycles. The molecule has 0 fully saturated rings. The fourth-order valence-corrected chi connectivity index (χ4v) is 2.06. The lowest BCUT2D eigenvalue weighted by Gasteiger charge is -2.19. The van der Waals surface area contributed by atoms with Gasteiger partial charge in [0.1, 0.15) is 11.6 Å². The lowest BCUT2D eigenvalue weighted by molar-refractivity contribution is 0.494. The predicted molar refractivity (Wildman–Crippen MR) is 69.9 cm³/mol. The Bertz CT molecular complexity index is 537. The van der Waals surface area contributed by atoms with Crippen LogP contribution in [0.3, 0.4) is 0 Å². The average molecular weight is 265 g/mol. The molecule has 102 valence electrons. The van der Waals surface area contributed by atoms with Crippen LogP contribution in [0.5, 0.6) is 0 Å². The van der Waals surface area contributed by atoms with E-state index in [9.17, 15) is 8.78 Å². The van der Waals surface area contributed by atoms with E-state index < -0.39 is 17.7 Å². The minimum Gasteiger partial charge on any atom is -0.472 e. The lowest BCUT2D eigenvalue weighted by atomic mass is 9.98. The van der Waals surface area contributed by atoms with E-state index in [2.05, 4.69) is 5.32 Å². The summed E-state index contributed by atoms with van der Waals surface area (Å²) in [6.07, 6.45) is 3.89. The quantitative estimate of drug-likeness (QED) is 0.885. The van der Waals surface area contributed by atoms with Gasteiger partial charge in [0.05, 0.1) is 18.6 Å². The van der Waals surface area contributed by atoms with Gasteiger partial charge < -0.3 is 9.73 Å². The third kappa shape index (κ3) is 2.84. The van der Waals surface area contributed by atoms with Crippen LogP contribution in [0, 0.1) is 18.6 Å². The van der Waals surface area contributed by atoms with Crippen LogP contribution in [0.25, 0.3) is 0 Å². The minimum atomic E-state index is -0.544. The Morgan fingerprint density at radius 3 is 2.68 bits per heavy atom. The number of hydrogen-bond acceptors (Lipinski definition) is 2. The monoisotopic (exact) mass is 265 g/mol. The maximum atomic E-state index is 14.2. The highest BCUT2D eigenvalue weighted by molar-refractivity contribution is 5.35. The van der Waals surface area contributed by atoms with Gasteiger partial charge in [-0.3, -0.25) is 0 Å². The highest BCUT2D eigenvalue weighted by atomic mass is 19.1. The van der Waals surface area contributed by atoms with E-state index in [0.29, 0.717) is 12.1 Å². The SMILES string of the molecule is CCCNC(c1ccoc1)c1c(F)ccc(C)c1F. The average Bonchev–Trinajstić information content (AvgIpc) is 2.92. The Labute approximate surface area is 111 Å². The first-order valence-corrected chi connectivity index (χ1v) is 6.35. The van der Waals surface area contributed by atoms with Crippen molar-refractivity contribution in [3.63, 3.8) is 0 Å². The minimum absolute atomic E-state index is 0.0508. The summed E-state index contributed by atoms with van der Waals surface area (Å²) >= 11 is 0. The molecule has 19 heavy (non-hydrogen) atoms. The molecule has 0 saturated carbocycles. The van der Waals surface area contributed by atoms with Gasteiger partial charge in [0.2, 0.25) is 0 Å². The molecule has 0 bridgehead atoms. The Kier molecular flexibility index (Phi) is 4.32. The van der Waals surface area contributed by atoms with E-state index in [-0.39, 0.29) is 5.56 Å². The van der Waals surface area contributed by atoms with Gasteiger partial charge in [0.25, 0.3) is 0 Å². The van der Waals surface area contributed by atoms with Gasteiger partial charge in [0, 0.05) is 11.1 Å². The largest absolute Gasteiger partial charge is 0.472 e. The van der Waals surface area contributed by atoms with E-state index in [0.717, 1.165) is 12.0 Å². The Balaban J connectivity index is 2.46. The van der Waals surface area contributed by atoms with E-state index in [1.165, 1.54) is 24.7 Å². The van der Waals surface area contributed by atoms with Gasteiger partial charge >= 0.3 is 0 Å². The Morgan fingerprint density at radius 2 is 2.05 bits per heavy atom. The highest BCUT2D eigenvalue weighted by Crippen LogP contribution is 2.28. The number of aryl methyl sites for hydroxylation is 1. The molecule has 0 spiro atoms. The van der Waals surface area contributed by atoms with Crippen molar-refractivity contribution in [2.45, 2.75) is 26.3 Å². The van der Waals surface area contributed by atoms with Crippen LogP contribution in [0.4, 0.5) is 8.78 Å². The summed E-state index contributed by atoms with van der Waals surface area (Å²) in [6, 6.07) is 3.93. The summed E-state index contributed by atoms with van der Waals surface area (Å²) in [5.74, 6) is -1.05. The van der Waals surface area contributed by atoms with Crippen molar-refractivity contribution in [2.75, 3.05) is 6.54 Å². The molecule has 1 unspecified atom stereocenters. The first-order chi connectivity index (χ1) is 9.15. The standard InChI is InChI=1S/C15H17F2NO/c1-3-7-18-15(11-6-8-19-9-11)13-12(16)5-4-10(2)14(13)17/h4-6,8-9,15,18H,3,7H2,1-2H3. The molecule has 2 aromatic rings. The number of hydrogen-bond donors (Lipinski definition) is 1. The maximum absolute atomic E-state index is 14.2. The fourth-order valence-electron chi connectivity index (χ4n) is 2.06. The predicted octanol–water partition coefficient (Wildman–Crippen LogP) is 3.96. The topological polar surface area (TPSA) is 25.2 Å². The third-order valence-corrected chi connectivity index (χ3v) is 3.08. The van der Waals surface area contributed by atoms with Crippen LogP contribution in [0.1, 0.15) is 36.1 Å². The van der Waals surface area contributed by atoms with Crippen molar-refractivity contribution < 1.29 is 13.2 Å². The molecule has 2 rings (SSSR count). The first-order valence-electron chi connectivity index (χ1n) is 6.35. The van der Waals surface area contributed by atoms with Crippen LogP contribution >= 0.6 is 0 Å². The molecule has 0 saturated heterocycles. The molecule has 1 atom stereocenters. The second kappa shape index (κ2) is 5.97. The molecule has 1 N–H and O–H groups in total. The number of halogens is 2. The van der Waals surface area contributed by atoms with E-state index >= 15 is 0 Å². The van der Waals surface area contributed by atoms with Crippen LogP contribution in [-0.4, -0.2) is 6.54 Å².